The highest BCUT2D eigenvalue weighted by Gasteiger charge is 2.33. The number of aryl methyl sites for hydroxylation is 1. The van der Waals surface area contributed by atoms with Gasteiger partial charge in [0.1, 0.15) is 23.7 Å². The van der Waals surface area contributed by atoms with Crippen LogP contribution in [0.2, 0.25) is 0 Å². The number of carbonyl (C=O) groups is 1. The third-order valence-corrected chi connectivity index (χ3v) is 6.63. The second-order valence-corrected chi connectivity index (χ2v) is 9.27. The van der Waals surface area contributed by atoms with Crippen LogP contribution in [0.4, 0.5) is 11.6 Å². The molecule has 0 saturated heterocycles. The number of hydrogen-bond donors (Lipinski definition) is 1. The van der Waals surface area contributed by atoms with Crippen LogP contribution in [0.15, 0.2) is 54.9 Å². The summed E-state index contributed by atoms with van der Waals surface area (Å²) in [6, 6.07) is 15.9. The third kappa shape index (κ3) is 4.11. The Morgan fingerprint density at radius 1 is 1.11 bits per heavy atom. The maximum Gasteiger partial charge on any atom is 0.260 e. The summed E-state index contributed by atoms with van der Waals surface area (Å²) in [4.78, 5) is 27.1. The van der Waals surface area contributed by atoms with Crippen LogP contribution in [-0.4, -0.2) is 50.8 Å². The van der Waals surface area contributed by atoms with Crippen LogP contribution in [0.5, 0.6) is 0 Å². The second kappa shape index (κ2) is 9.50. The molecule has 1 aliphatic rings. The number of rotatable bonds is 7. The lowest BCUT2D eigenvalue weighted by Gasteiger charge is -2.24. The van der Waals surface area contributed by atoms with Gasteiger partial charge in [-0.2, -0.15) is 0 Å². The van der Waals surface area contributed by atoms with Gasteiger partial charge in [0.25, 0.3) is 5.91 Å². The monoisotopic (exact) mass is 482 g/mol. The fourth-order valence-corrected chi connectivity index (χ4v) is 4.41. The van der Waals surface area contributed by atoms with E-state index in [1.807, 2.05) is 74.1 Å². The van der Waals surface area contributed by atoms with Crippen LogP contribution in [-0.2, 0) is 13.1 Å². The molecule has 1 N–H and O–H groups in total. The standard InChI is InChI=1S/C27H30N8O/c1-17(2)33(5)25-13-19-20(22(31-25)14-28-4)15-34(27(19)36)24-12-8-10-21(30-24)26-32-29-16-35(26)23-11-7-6-9-18(23)3/h6-13,16-17,28H,14-15H2,1-5H3. The van der Waals surface area contributed by atoms with Crippen molar-refractivity contribution in [2.75, 3.05) is 23.9 Å². The summed E-state index contributed by atoms with van der Waals surface area (Å²) < 4.78 is 1.92. The molecule has 0 saturated carbocycles. The van der Waals surface area contributed by atoms with Gasteiger partial charge in [-0.05, 0) is 57.6 Å². The van der Waals surface area contributed by atoms with Gasteiger partial charge < -0.3 is 10.2 Å². The maximum atomic E-state index is 13.6. The number of nitrogens with one attached hydrogen (secondary N) is 1. The van der Waals surface area contributed by atoms with Crippen molar-refractivity contribution in [2.24, 2.45) is 0 Å². The minimum atomic E-state index is -0.0758. The normalized spacial score (nSPS) is 12.9. The van der Waals surface area contributed by atoms with Crippen molar-refractivity contribution in [3.05, 3.63) is 77.2 Å². The summed E-state index contributed by atoms with van der Waals surface area (Å²) in [5.41, 5.74) is 5.22. The molecule has 1 aromatic carbocycles. The number of aromatic nitrogens is 5. The first-order chi connectivity index (χ1) is 17.4. The number of amides is 1. The maximum absolute atomic E-state index is 13.6. The lowest BCUT2D eigenvalue weighted by atomic mass is 10.1. The van der Waals surface area contributed by atoms with Gasteiger partial charge in [-0.3, -0.25) is 14.3 Å². The molecular weight excluding hydrogens is 452 g/mol. The lowest BCUT2D eigenvalue weighted by molar-refractivity contribution is 0.0996. The van der Waals surface area contributed by atoms with Gasteiger partial charge in [0.05, 0.1) is 23.5 Å². The van der Waals surface area contributed by atoms with E-state index < -0.39 is 0 Å². The Bertz CT molecular complexity index is 1430. The largest absolute Gasteiger partial charge is 0.357 e. The first kappa shape index (κ1) is 23.6. The predicted molar refractivity (Wildman–Crippen MR) is 140 cm³/mol. The zero-order valence-corrected chi connectivity index (χ0v) is 21.2. The molecule has 0 aliphatic carbocycles. The summed E-state index contributed by atoms with van der Waals surface area (Å²) >= 11 is 0. The van der Waals surface area contributed by atoms with Crippen molar-refractivity contribution in [2.45, 2.75) is 39.9 Å². The molecule has 4 heterocycles. The van der Waals surface area contributed by atoms with E-state index in [0.717, 1.165) is 28.3 Å². The first-order valence-corrected chi connectivity index (χ1v) is 12.0. The van der Waals surface area contributed by atoms with Gasteiger partial charge in [-0.25, -0.2) is 9.97 Å². The molecule has 4 aromatic rings. The molecule has 1 amide bonds. The Morgan fingerprint density at radius 3 is 2.67 bits per heavy atom. The smallest absolute Gasteiger partial charge is 0.260 e. The molecule has 3 aromatic heterocycles. The van der Waals surface area contributed by atoms with Crippen molar-refractivity contribution in [3.8, 4) is 17.2 Å². The van der Waals surface area contributed by atoms with E-state index in [2.05, 4.69) is 34.3 Å². The highest BCUT2D eigenvalue weighted by Crippen LogP contribution is 2.33. The van der Waals surface area contributed by atoms with Crippen LogP contribution in [0, 0.1) is 6.92 Å². The summed E-state index contributed by atoms with van der Waals surface area (Å²) in [7, 11) is 3.88. The molecule has 184 valence electrons. The molecule has 0 unspecified atom stereocenters. The van der Waals surface area contributed by atoms with Crippen molar-refractivity contribution in [3.63, 3.8) is 0 Å². The molecule has 0 fully saturated rings. The average Bonchev–Trinajstić information content (AvgIpc) is 3.49. The molecule has 9 nitrogen and oxygen atoms in total. The Kier molecular flexibility index (Phi) is 6.24. The van der Waals surface area contributed by atoms with Crippen molar-refractivity contribution in [1.82, 2.24) is 30.0 Å². The second-order valence-electron chi connectivity index (χ2n) is 9.27. The summed E-state index contributed by atoms with van der Waals surface area (Å²) in [6.45, 7) is 7.25. The fraction of sp³-hybridized carbons (Fsp3) is 0.296. The Balaban J connectivity index is 1.52. The predicted octanol–water partition coefficient (Wildman–Crippen LogP) is 3.76. The highest BCUT2D eigenvalue weighted by atomic mass is 16.2. The van der Waals surface area contributed by atoms with E-state index in [-0.39, 0.29) is 11.9 Å². The fourth-order valence-electron chi connectivity index (χ4n) is 4.41. The number of pyridine rings is 2. The topological polar surface area (TPSA) is 92.1 Å². The lowest BCUT2D eigenvalue weighted by Crippen LogP contribution is -2.27. The number of para-hydroxylation sites is 1. The Morgan fingerprint density at radius 2 is 1.92 bits per heavy atom. The van der Waals surface area contributed by atoms with E-state index in [1.54, 1.807) is 11.2 Å². The van der Waals surface area contributed by atoms with Crippen LogP contribution < -0.4 is 15.1 Å². The number of benzene rings is 1. The zero-order valence-electron chi connectivity index (χ0n) is 21.2. The minimum Gasteiger partial charge on any atom is -0.357 e. The van der Waals surface area contributed by atoms with Gasteiger partial charge in [-0.15, -0.1) is 10.2 Å². The number of nitrogens with zero attached hydrogens (tertiary/aromatic N) is 7. The van der Waals surface area contributed by atoms with E-state index in [0.29, 0.717) is 36.0 Å². The van der Waals surface area contributed by atoms with Crippen LogP contribution >= 0.6 is 0 Å². The molecule has 1 aliphatic heterocycles. The summed E-state index contributed by atoms with van der Waals surface area (Å²) in [5, 5.41) is 11.7. The number of hydrogen-bond acceptors (Lipinski definition) is 7. The molecular formula is C27H30N8O. The number of carbonyl (C=O) groups excluding carboxylic acids is 1. The van der Waals surface area contributed by atoms with E-state index >= 15 is 0 Å². The number of fused-ring (bicyclic) bond motifs is 1. The average molecular weight is 483 g/mol. The van der Waals surface area contributed by atoms with Crippen LogP contribution in [0.3, 0.4) is 0 Å². The summed E-state index contributed by atoms with van der Waals surface area (Å²) in [5.74, 6) is 1.90. The SMILES string of the molecule is CNCc1nc(N(C)C(C)C)cc2c1CN(c1cccc(-c3nncn3-c3ccccc3C)n1)C2=O. The summed E-state index contributed by atoms with van der Waals surface area (Å²) in [6.07, 6.45) is 1.69. The molecule has 0 spiro atoms. The minimum absolute atomic E-state index is 0.0758. The van der Waals surface area contributed by atoms with Gasteiger partial charge in [0, 0.05) is 25.2 Å². The van der Waals surface area contributed by atoms with E-state index in [9.17, 15) is 4.79 Å². The zero-order chi connectivity index (χ0) is 25.4. The van der Waals surface area contributed by atoms with Crippen LogP contribution in [0.1, 0.15) is 41.0 Å². The van der Waals surface area contributed by atoms with Gasteiger partial charge in [0.15, 0.2) is 5.82 Å². The van der Waals surface area contributed by atoms with Gasteiger partial charge >= 0.3 is 0 Å². The molecule has 0 radical (unpaired) electrons. The first-order valence-electron chi connectivity index (χ1n) is 12.0. The van der Waals surface area contributed by atoms with Gasteiger partial charge in [-0.1, -0.05) is 24.3 Å². The Hall–Kier alpha value is -4.11. The van der Waals surface area contributed by atoms with Crippen molar-refractivity contribution < 1.29 is 4.79 Å². The molecule has 36 heavy (non-hydrogen) atoms. The molecule has 0 atom stereocenters. The van der Waals surface area contributed by atoms with Crippen molar-refractivity contribution >= 4 is 17.5 Å². The van der Waals surface area contributed by atoms with E-state index in [1.165, 1.54) is 0 Å². The number of anilines is 2. The van der Waals surface area contributed by atoms with Crippen LogP contribution in [0.25, 0.3) is 17.2 Å². The van der Waals surface area contributed by atoms with Gasteiger partial charge in [0.2, 0.25) is 0 Å². The molecule has 5 rings (SSSR count). The Labute approximate surface area is 210 Å². The quantitative estimate of drug-likeness (QED) is 0.429. The van der Waals surface area contributed by atoms with Crippen molar-refractivity contribution in [1.29, 1.82) is 0 Å². The third-order valence-electron chi connectivity index (χ3n) is 6.63. The highest BCUT2D eigenvalue weighted by molar-refractivity contribution is 6.10. The van der Waals surface area contributed by atoms with E-state index in [4.69, 9.17) is 9.97 Å². The molecule has 9 heteroatoms. The molecule has 0 bridgehead atoms.